The van der Waals surface area contributed by atoms with Gasteiger partial charge in [-0.15, -0.1) is 11.3 Å². The van der Waals surface area contributed by atoms with E-state index in [0.29, 0.717) is 18.7 Å². The molecule has 29 heavy (non-hydrogen) atoms. The third-order valence-electron chi connectivity index (χ3n) is 5.15. The monoisotopic (exact) mass is 426 g/mol. The Morgan fingerprint density at radius 2 is 1.93 bits per heavy atom. The molecule has 0 spiro atoms. The van der Waals surface area contributed by atoms with Gasteiger partial charge >= 0.3 is 0 Å². The van der Waals surface area contributed by atoms with Crippen molar-refractivity contribution in [1.82, 2.24) is 9.62 Å². The van der Waals surface area contributed by atoms with E-state index >= 15 is 0 Å². The number of hydrogen-bond donors (Lipinski definition) is 1. The van der Waals surface area contributed by atoms with Crippen LogP contribution in [-0.2, 0) is 29.5 Å². The number of sulfonamides is 1. The Hall–Kier alpha value is -2.48. The molecule has 7 heteroatoms. The van der Waals surface area contributed by atoms with Gasteiger partial charge in [0.2, 0.25) is 10.0 Å². The zero-order valence-corrected chi connectivity index (χ0v) is 17.7. The van der Waals surface area contributed by atoms with Crippen molar-refractivity contribution in [1.29, 1.82) is 0 Å². The van der Waals surface area contributed by atoms with Crippen molar-refractivity contribution in [2.24, 2.45) is 0 Å². The fourth-order valence-corrected chi connectivity index (χ4v) is 5.38. The second-order valence-electron chi connectivity index (χ2n) is 7.13. The van der Waals surface area contributed by atoms with Gasteiger partial charge in [-0.3, -0.25) is 4.79 Å². The molecule has 0 unspecified atom stereocenters. The van der Waals surface area contributed by atoms with Gasteiger partial charge in [0.25, 0.3) is 5.91 Å². The molecule has 3 aromatic rings. The molecule has 0 saturated carbocycles. The Balaban J connectivity index is 1.55. The summed E-state index contributed by atoms with van der Waals surface area (Å²) in [7, 11) is -3.72. The summed E-state index contributed by atoms with van der Waals surface area (Å²) in [6, 6.07) is 16.1. The molecule has 1 aliphatic heterocycles. The Labute approximate surface area is 175 Å². The van der Waals surface area contributed by atoms with E-state index in [1.807, 2.05) is 37.3 Å². The molecule has 0 aliphatic carbocycles. The van der Waals surface area contributed by atoms with Gasteiger partial charge in [0.15, 0.2) is 0 Å². The largest absolute Gasteiger partial charge is 0.334 e. The summed E-state index contributed by atoms with van der Waals surface area (Å²) in [4.78, 5) is 16.4. The van der Waals surface area contributed by atoms with Crippen molar-refractivity contribution in [3.8, 4) is 0 Å². The molecule has 1 aliphatic rings. The fraction of sp³-hybridized carbons (Fsp3) is 0.227. The van der Waals surface area contributed by atoms with Crippen LogP contribution in [0.15, 0.2) is 64.9 Å². The van der Waals surface area contributed by atoms with Gasteiger partial charge in [-0.05, 0) is 53.6 Å². The van der Waals surface area contributed by atoms with Gasteiger partial charge in [0.1, 0.15) is 0 Å². The summed E-state index contributed by atoms with van der Waals surface area (Å²) in [6.07, 6.45) is 0.842. The molecule has 2 aromatic carbocycles. The summed E-state index contributed by atoms with van der Waals surface area (Å²) in [6.45, 7) is 3.25. The van der Waals surface area contributed by atoms with Crippen molar-refractivity contribution in [2.75, 3.05) is 6.54 Å². The number of nitrogens with zero attached hydrogens (tertiary/aromatic N) is 1. The van der Waals surface area contributed by atoms with E-state index in [9.17, 15) is 13.2 Å². The summed E-state index contributed by atoms with van der Waals surface area (Å²) < 4.78 is 28.1. The van der Waals surface area contributed by atoms with Crippen LogP contribution in [-0.4, -0.2) is 25.8 Å². The first-order valence-electron chi connectivity index (χ1n) is 9.43. The maximum atomic E-state index is 13.1. The molecule has 2 heterocycles. The summed E-state index contributed by atoms with van der Waals surface area (Å²) in [5.41, 5.74) is 3.26. The number of carbonyl (C=O) groups is 1. The number of carbonyl (C=O) groups excluding carboxylic acids is 1. The Morgan fingerprint density at radius 1 is 1.14 bits per heavy atom. The predicted octanol–water partition coefficient (Wildman–Crippen LogP) is 3.73. The molecule has 0 radical (unpaired) electrons. The summed E-state index contributed by atoms with van der Waals surface area (Å²) in [5.74, 6) is -0.126. The van der Waals surface area contributed by atoms with Crippen LogP contribution in [0.1, 0.15) is 31.9 Å². The molecule has 150 valence electrons. The topological polar surface area (TPSA) is 66.5 Å². The molecule has 4 rings (SSSR count). The van der Waals surface area contributed by atoms with Crippen molar-refractivity contribution in [3.05, 3.63) is 87.1 Å². The average molecular weight is 427 g/mol. The van der Waals surface area contributed by atoms with E-state index in [-0.39, 0.29) is 17.3 Å². The van der Waals surface area contributed by atoms with Crippen LogP contribution in [0.5, 0.6) is 0 Å². The molecule has 0 bridgehead atoms. The minimum Gasteiger partial charge on any atom is -0.334 e. The molecular formula is C22H22N2O3S2. The lowest BCUT2D eigenvalue weighted by atomic mass is 10.0. The van der Waals surface area contributed by atoms with Crippen LogP contribution >= 0.6 is 11.3 Å². The van der Waals surface area contributed by atoms with Crippen molar-refractivity contribution < 1.29 is 13.2 Å². The normalized spacial score (nSPS) is 13.9. The fourth-order valence-electron chi connectivity index (χ4n) is 3.45. The van der Waals surface area contributed by atoms with E-state index < -0.39 is 10.0 Å². The molecular weight excluding hydrogens is 404 g/mol. The number of hydrogen-bond acceptors (Lipinski definition) is 4. The Morgan fingerprint density at radius 3 is 2.72 bits per heavy atom. The van der Waals surface area contributed by atoms with E-state index in [1.165, 1.54) is 16.5 Å². The Kier molecular flexibility index (Phi) is 5.54. The zero-order valence-electron chi connectivity index (χ0n) is 16.1. The zero-order chi connectivity index (χ0) is 20.4. The number of amides is 1. The second kappa shape index (κ2) is 8.10. The first-order chi connectivity index (χ1) is 13.9. The van der Waals surface area contributed by atoms with Crippen LogP contribution in [0, 0.1) is 6.92 Å². The highest BCUT2D eigenvalue weighted by Gasteiger charge is 2.25. The van der Waals surface area contributed by atoms with E-state index in [0.717, 1.165) is 17.5 Å². The molecule has 0 saturated heterocycles. The van der Waals surface area contributed by atoms with E-state index in [2.05, 4.69) is 16.2 Å². The predicted molar refractivity (Wildman–Crippen MR) is 114 cm³/mol. The van der Waals surface area contributed by atoms with Crippen molar-refractivity contribution in [2.45, 2.75) is 31.3 Å². The SMILES string of the molecule is Cc1ccc(S(=O)(=O)NCc2ccccc2)cc1C(=O)N1CCc2sccc2C1. The Bertz CT molecular complexity index is 1140. The molecule has 1 amide bonds. The van der Waals surface area contributed by atoms with Gasteiger partial charge < -0.3 is 4.90 Å². The minimum atomic E-state index is -3.72. The first kappa shape index (κ1) is 19.8. The maximum absolute atomic E-state index is 13.1. The number of thiophene rings is 1. The standard InChI is InChI=1S/C22H22N2O3S2/c1-16-7-8-19(29(26,27)23-14-17-5-3-2-4-6-17)13-20(16)22(25)24-11-9-21-18(15-24)10-12-28-21/h2-8,10,12-13,23H,9,11,14-15H2,1H3. The third-order valence-corrected chi connectivity index (χ3v) is 7.58. The molecule has 1 aromatic heterocycles. The quantitative estimate of drug-likeness (QED) is 0.676. The lowest BCUT2D eigenvalue weighted by Crippen LogP contribution is -2.36. The van der Waals surface area contributed by atoms with Gasteiger partial charge in [-0.2, -0.15) is 0 Å². The lowest BCUT2D eigenvalue weighted by molar-refractivity contribution is 0.0735. The average Bonchev–Trinajstić information content (AvgIpc) is 3.21. The van der Waals surface area contributed by atoms with Gasteiger partial charge in [-0.25, -0.2) is 13.1 Å². The van der Waals surface area contributed by atoms with E-state index in [1.54, 1.807) is 28.4 Å². The van der Waals surface area contributed by atoms with Crippen molar-refractivity contribution in [3.63, 3.8) is 0 Å². The lowest BCUT2D eigenvalue weighted by Gasteiger charge is -2.27. The molecule has 0 atom stereocenters. The number of nitrogens with one attached hydrogen (secondary N) is 1. The minimum absolute atomic E-state index is 0.107. The highest BCUT2D eigenvalue weighted by atomic mass is 32.2. The number of benzene rings is 2. The second-order valence-corrected chi connectivity index (χ2v) is 9.90. The van der Waals surface area contributed by atoms with Gasteiger partial charge in [-0.1, -0.05) is 36.4 Å². The van der Waals surface area contributed by atoms with Crippen LogP contribution in [0.2, 0.25) is 0 Å². The van der Waals surface area contributed by atoms with Crippen LogP contribution in [0.4, 0.5) is 0 Å². The van der Waals surface area contributed by atoms with Crippen molar-refractivity contribution >= 4 is 27.3 Å². The first-order valence-corrected chi connectivity index (χ1v) is 11.8. The summed E-state index contributed by atoms with van der Waals surface area (Å²) >= 11 is 1.72. The van der Waals surface area contributed by atoms with Crippen LogP contribution < -0.4 is 4.72 Å². The summed E-state index contributed by atoms with van der Waals surface area (Å²) in [5, 5.41) is 2.05. The highest BCUT2D eigenvalue weighted by molar-refractivity contribution is 7.89. The molecule has 1 N–H and O–H groups in total. The number of aryl methyl sites for hydroxylation is 1. The van der Waals surface area contributed by atoms with Crippen LogP contribution in [0.3, 0.4) is 0 Å². The maximum Gasteiger partial charge on any atom is 0.254 e. The van der Waals surface area contributed by atoms with Crippen LogP contribution in [0.25, 0.3) is 0 Å². The highest BCUT2D eigenvalue weighted by Crippen LogP contribution is 2.26. The molecule has 5 nitrogen and oxygen atoms in total. The number of fused-ring (bicyclic) bond motifs is 1. The number of rotatable bonds is 5. The molecule has 0 fully saturated rings. The van der Waals surface area contributed by atoms with Gasteiger partial charge in [0, 0.05) is 30.1 Å². The smallest absolute Gasteiger partial charge is 0.254 e. The van der Waals surface area contributed by atoms with E-state index in [4.69, 9.17) is 0 Å². The third kappa shape index (κ3) is 4.27. The van der Waals surface area contributed by atoms with Gasteiger partial charge in [0.05, 0.1) is 4.90 Å².